The summed E-state index contributed by atoms with van der Waals surface area (Å²) in [5.41, 5.74) is 4.23. The summed E-state index contributed by atoms with van der Waals surface area (Å²) in [6.45, 7) is 0. The summed E-state index contributed by atoms with van der Waals surface area (Å²) in [4.78, 5) is 10.8. The number of aliphatic hydroxyl groups is 1. The van der Waals surface area contributed by atoms with Crippen LogP contribution in [0.3, 0.4) is 0 Å². The molecule has 0 aromatic rings. The van der Waals surface area contributed by atoms with E-state index in [2.05, 4.69) is 0 Å². The maximum absolute atomic E-state index is 10.8. The Labute approximate surface area is 100 Å². The van der Waals surface area contributed by atoms with Gasteiger partial charge >= 0.3 is 13.1 Å². The lowest BCUT2D eigenvalue weighted by molar-refractivity contribution is -0.143. The fourth-order valence-corrected chi connectivity index (χ4v) is 2.06. The molecule has 0 aromatic heterocycles. The van der Waals surface area contributed by atoms with Crippen LogP contribution < -0.4 is 5.73 Å². The Morgan fingerprint density at radius 1 is 1.44 bits per heavy atom. The van der Waals surface area contributed by atoms with Crippen LogP contribution in [0.25, 0.3) is 0 Å². The van der Waals surface area contributed by atoms with E-state index in [1.165, 1.54) is 0 Å². The molecule has 1 fully saturated rings. The van der Waals surface area contributed by atoms with E-state index >= 15 is 0 Å². The number of aliphatic hydroxyl groups excluding tert-OH is 1. The highest BCUT2D eigenvalue weighted by molar-refractivity contribution is 6.40. The molecule has 0 unspecified atom stereocenters. The van der Waals surface area contributed by atoms with Crippen molar-refractivity contribution in [3.05, 3.63) is 0 Å². The first-order chi connectivity index (χ1) is 6.85. The lowest BCUT2D eigenvalue weighted by Crippen LogP contribution is -2.45. The molecule has 3 atom stereocenters. The van der Waals surface area contributed by atoms with Crippen molar-refractivity contribution in [1.29, 1.82) is 0 Å². The Hall–Kier alpha value is -0.335. The predicted molar refractivity (Wildman–Crippen MR) is 60.1 cm³/mol. The van der Waals surface area contributed by atoms with Crippen molar-refractivity contribution in [1.82, 2.24) is 0 Å². The summed E-state index contributed by atoms with van der Waals surface area (Å²) in [7, 11) is -1.42. The molecular weight excluding hydrogens is 236 g/mol. The third-order valence-electron chi connectivity index (χ3n) is 2.97. The van der Waals surface area contributed by atoms with Gasteiger partial charge < -0.3 is 26.0 Å². The molecule has 0 amide bonds. The smallest absolute Gasteiger partial charge is 0.451 e. The van der Waals surface area contributed by atoms with Crippen molar-refractivity contribution in [2.75, 3.05) is 0 Å². The van der Waals surface area contributed by atoms with Crippen molar-refractivity contribution in [2.45, 2.75) is 37.2 Å². The summed E-state index contributed by atoms with van der Waals surface area (Å²) in [6, 6.07) is 0. The SMILES string of the molecule is Cl.N[C@@]1(C(=O)O)C[C@H](CCB(O)O)[C@@H](O)C1. The van der Waals surface area contributed by atoms with E-state index in [0.29, 0.717) is 6.42 Å². The molecule has 0 bridgehead atoms. The molecule has 0 spiro atoms. The summed E-state index contributed by atoms with van der Waals surface area (Å²) in [5, 5.41) is 35.8. The maximum atomic E-state index is 10.8. The van der Waals surface area contributed by atoms with Gasteiger partial charge in [0.1, 0.15) is 5.54 Å². The normalized spacial score (nSPS) is 33.2. The van der Waals surface area contributed by atoms with Crippen molar-refractivity contribution >= 4 is 25.5 Å². The van der Waals surface area contributed by atoms with Gasteiger partial charge in [-0.2, -0.15) is 0 Å². The summed E-state index contributed by atoms with van der Waals surface area (Å²) in [6.07, 6.45) is -0.0856. The molecule has 1 saturated carbocycles. The molecule has 6 N–H and O–H groups in total. The van der Waals surface area contributed by atoms with E-state index < -0.39 is 24.7 Å². The van der Waals surface area contributed by atoms with Gasteiger partial charge in [-0.25, -0.2) is 0 Å². The number of rotatable bonds is 4. The zero-order valence-electron chi connectivity index (χ0n) is 8.74. The average Bonchev–Trinajstić information content (AvgIpc) is 2.39. The van der Waals surface area contributed by atoms with Gasteiger partial charge in [-0.3, -0.25) is 4.79 Å². The number of hydrogen-bond donors (Lipinski definition) is 5. The molecule has 0 heterocycles. The van der Waals surface area contributed by atoms with Crippen LogP contribution >= 0.6 is 12.4 Å². The molecule has 0 radical (unpaired) electrons. The van der Waals surface area contributed by atoms with E-state index in [1.54, 1.807) is 0 Å². The summed E-state index contributed by atoms with van der Waals surface area (Å²) >= 11 is 0. The van der Waals surface area contributed by atoms with Crippen molar-refractivity contribution in [3.8, 4) is 0 Å². The summed E-state index contributed by atoms with van der Waals surface area (Å²) < 4.78 is 0. The maximum Gasteiger partial charge on any atom is 0.451 e. The van der Waals surface area contributed by atoms with Crippen LogP contribution in [0.2, 0.25) is 6.32 Å². The van der Waals surface area contributed by atoms with Gasteiger partial charge in [-0.05, 0) is 25.1 Å². The van der Waals surface area contributed by atoms with Crippen molar-refractivity contribution < 1.29 is 25.1 Å². The highest BCUT2D eigenvalue weighted by Gasteiger charge is 2.47. The van der Waals surface area contributed by atoms with Crippen LogP contribution in [0.5, 0.6) is 0 Å². The highest BCUT2D eigenvalue weighted by atomic mass is 35.5. The Morgan fingerprint density at radius 2 is 2.00 bits per heavy atom. The molecule has 16 heavy (non-hydrogen) atoms. The first kappa shape index (κ1) is 15.7. The number of nitrogens with two attached hydrogens (primary N) is 1. The topological polar surface area (TPSA) is 124 Å². The molecule has 1 aliphatic rings. The fourth-order valence-electron chi connectivity index (χ4n) is 2.06. The number of carboxylic acid groups (broad SMARTS) is 1. The average molecular weight is 253 g/mol. The molecule has 8 heteroatoms. The zero-order valence-corrected chi connectivity index (χ0v) is 9.56. The lowest BCUT2D eigenvalue weighted by Gasteiger charge is -2.17. The largest absolute Gasteiger partial charge is 0.480 e. The van der Waals surface area contributed by atoms with Gasteiger partial charge in [0.15, 0.2) is 0 Å². The standard InChI is InChI=1S/C8H16BNO5.ClH/c10-8(7(12)13)3-5(6(11)4-8)1-2-9(14)15;/h5-6,11,14-15H,1-4,10H2,(H,12,13);1H/t5-,6-,8-;/m0./s1. The highest BCUT2D eigenvalue weighted by Crippen LogP contribution is 2.36. The van der Waals surface area contributed by atoms with Crippen molar-refractivity contribution in [2.24, 2.45) is 11.7 Å². The molecular formula is C8H17BClNO5. The van der Waals surface area contributed by atoms with E-state index in [0.717, 1.165) is 0 Å². The molecule has 0 aliphatic heterocycles. The minimum absolute atomic E-state index is 0. The third kappa shape index (κ3) is 3.60. The quantitative estimate of drug-likeness (QED) is 0.402. The van der Waals surface area contributed by atoms with E-state index in [-0.39, 0.29) is 37.5 Å². The predicted octanol–water partition coefficient (Wildman–Crippen LogP) is -1.18. The Kier molecular flexibility index (Phi) is 5.71. The van der Waals surface area contributed by atoms with Gasteiger partial charge in [0.2, 0.25) is 0 Å². The number of aliphatic carboxylic acids is 1. The van der Waals surface area contributed by atoms with Crippen LogP contribution in [0, 0.1) is 5.92 Å². The molecule has 0 aromatic carbocycles. The number of hydrogen-bond acceptors (Lipinski definition) is 5. The Morgan fingerprint density at radius 3 is 2.38 bits per heavy atom. The van der Waals surface area contributed by atoms with E-state index in [1.807, 2.05) is 0 Å². The fraction of sp³-hybridized carbons (Fsp3) is 0.875. The van der Waals surface area contributed by atoms with Crippen LogP contribution in [0.4, 0.5) is 0 Å². The summed E-state index contributed by atoms with van der Waals surface area (Å²) in [5.74, 6) is -1.39. The first-order valence-electron chi connectivity index (χ1n) is 4.91. The molecule has 6 nitrogen and oxygen atoms in total. The van der Waals surface area contributed by atoms with Gasteiger partial charge in [0, 0.05) is 6.42 Å². The minimum Gasteiger partial charge on any atom is -0.480 e. The van der Waals surface area contributed by atoms with Gasteiger partial charge in [-0.15, -0.1) is 12.4 Å². The van der Waals surface area contributed by atoms with Gasteiger partial charge in [0.25, 0.3) is 0 Å². The van der Waals surface area contributed by atoms with Crippen LogP contribution in [-0.4, -0.2) is 45.0 Å². The Bertz CT molecular complexity index is 255. The van der Waals surface area contributed by atoms with E-state index in [4.69, 9.17) is 20.9 Å². The molecule has 1 aliphatic carbocycles. The third-order valence-corrected chi connectivity index (χ3v) is 2.97. The van der Waals surface area contributed by atoms with Crippen LogP contribution in [-0.2, 0) is 4.79 Å². The van der Waals surface area contributed by atoms with Crippen LogP contribution in [0.1, 0.15) is 19.3 Å². The number of carbonyl (C=O) groups is 1. The second-order valence-electron chi connectivity index (χ2n) is 4.25. The number of carboxylic acids is 1. The zero-order chi connectivity index (χ0) is 11.6. The van der Waals surface area contributed by atoms with Crippen LogP contribution in [0.15, 0.2) is 0 Å². The van der Waals surface area contributed by atoms with E-state index in [9.17, 15) is 9.90 Å². The lowest BCUT2D eigenvalue weighted by atomic mass is 9.80. The van der Waals surface area contributed by atoms with Crippen molar-refractivity contribution in [3.63, 3.8) is 0 Å². The Balaban J connectivity index is 0.00000225. The first-order valence-corrected chi connectivity index (χ1v) is 4.91. The van der Waals surface area contributed by atoms with Gasteiger partial charge in [0.05, 0.1) is 6.10 Å². The molecule has 94 valence electrons. The molecule has 0 saturated heterocycles. The minimum atomic E-state index is -1.42. The molecule has 1 rings (SSSR count). The van der Waals surface area contributed by atoms with Gasteiger partial charge in [-0.1, -0.05) is 0 Å². The monoisotopic (exact) mass is 253 g/mol. The second-order valence-corrected chi connectivity index (χ2v) is 4.25. The second kappa shape index (κ2) is 5.83. The number of halogens is 1.